The van der Waals surface area contributed by atoms with Gasteiger partial charge in [-0.15, -0.1) is 0 Å². The first-order valence-corrected chi connectivity index (χ1v) is 8.39. The molecule has 0 fully saturated rings. The van der Waals surface area contributed by atoms with Gasteiger partial charge >= 0.3 is 5.97 Å². The van der Waals surface area contributed by atoms with Crippen molar-refractivity contribution in [3.8, 4) is 0 Å². The Kier molecular flexibility index (Phi) is 5.42. The molecule has 0 spiro atoms. The van der Waals surface area contributed by atoms with Crippen molar-refractivity contribution in [3.63, 3.8) is 0 Å². The number of fused-ring (bicyclic) bond motifs is 1. The Morgan fingerprint density at radius 1 is 1.40 bits per heavy atom. The van der Waals surface area contributed by atoms with E-state index in [-0.39, 0.29) is 18.8 Å². The van der Waals surface area contributed by atoms with Crippen molar-refractivity contribution < 1.29 is 18.7 Å². The number of rotatable bonds is 4. The summed E-state index contributed by atoms with van der Waals surface area (Å²) in [6.07, 6.45) is 1.59. The molecule has 2 aromatic rings. The minimum atomic E-state index is -1.01. The molecule has 8 heteroatoms. The third-order valence-corrected chi connectivity index (χ3v) is 4.35. The van der Waals surface area contributed by atoms with Crippen LogP contribution in [-0.4, -0.2) is 29.0 Å². The van der Waals surface area contributed by atoms with Crippen LogP contribution in [0.25, 0.3) is 5.57 Å². The molecular formula is C17H15Cl2FN2O3. The van der Waals surface area contributed by atoms with Gasteiger partial charge in [0.2, 0.25) is 5.83 Å². The van der Waals surface area contributed by atoms with Crippen LogP contribution in [0.5, 0.6) is 0 Å². The summed E-state index contributed by atoms with van der Waals surface area (Å²) in [6, 6.07) is 5.13. The highest BCUT2D eigenvalue weighted by Crippen LogP contribution is 2.31. The number of esters is 1. The molecule has 0 bridgehead atoms. The Balaban J connectivity index is 2.00. The van der Waals surface area contributed by atoms with Gasteiger partial charge in [-0.3, -0.25) is 4.68 Å². The normalized spacial score (nSPS) is 15.7. The van der Waals surface area contributed by atoms with Crippen molar-refractivity contribution in [1.29, 1.82) is 0 Å². The lowest BCUT2D eigenvalue weighted by Gasteiger charge is -2.19. The molecule has 3 rings (SSSR count). The van der Waals surface area contributed by atoms with Crippen LogP contribution in [0.2, 0.25) is 10.0 Å². The highest BCUT2D eigenvalue weighted by Gasteiger charge is 2.27. The molecule has 0 aliphatic carbocycles. The largest absolute Gasteiger partial charge is 0.461 e. The maximum absolute atomic E-state index is 14.5. The zero-order valence-corrected chi connectivity index (χ0v) is 14.9. The second kappa shape index (κ2) is 7.56. The molecular weight excluding hydrogens is 370 g/mol. The van der Waals surface area contributed by atoms with Gasteiger partial charge in [0.1, 0.15) is 0 Å². The molecule has 25 heavy (non-hydrogen) atoms. The summed E-state index contributed by atoms with van der Waals surface area (Å²) in [5.41, 5.74) is 2.12. The average Bonchev–Trinajstić information content (AvgIpc) is 3.00. The third kappa shape index (κ3) is 3.71. The number of hydrogen-bond acceptors (Lipinski definition) is 4. The van der Waals surface area contributed by atoms with E-state index < -0.39 is 11.8 Å². The Hall–Kier alpha value is -1.89. The van der Waals surface area contributed by atoms with E-state index in [4.69, 9.17) is 32.7 Å². The van der Waals surface area contributed by atoms with Crippen LogP contribution in [0.15, 0.2) is 30.2 Å². The second-order valence-corrected chi connectivity index (χ2v) is 6.26. The maximum Gasteiger partial charge on any atom is 0.367 e. The van der Waals surface area contributed by atoms with E-state index in [1.54, 1.807) is 36.0 Å². The number of halogens is 3. The third-order valence-electron chi connectivity index (χ3n) is 3.76. The Morgan fingerprint density at radius 3 is 2.92 bits per heavy atom. The Bertz CT molecular complexity index is 848. The highest BCUT2D eigenvalue weighted by atomic mass is 35.5. The van der Waals surface area contributed by atoms with E-state index in [2.05, 4.69) is 5.10 Å². The number of hydrogen-bond donors (Lipinski definition) is 0. The molecule has 0 unspecified atom stereocenters. The van der Waals surface area contributed by atoms with Gasteiger partial charge in [-0.2, -0.15) is 9.49 Å². The standard InChI is InChI=1S/C17H15Cl2FN2O3/c1-2-25-17(23)15(20)13-9-24-8-11-6-21-22(16(11)13)7-10-3-4-12(18)5-14(10)19/h3-6H,2,7-9H2,1H3. The quantitative estimate of drug-likeness (QED) is 0.590. The van der Waals surface area contributed by atoms with Crippen LogP contribution in [0.1, 0.15) is 23.7 Å². The molecule has 0 radical (unpaired) electrons. The fraction of sp³-hybridized carbons (Fsp3) is 0.294. The van der Waals surface area contributed by atoms with Gasteiger partial charge in [0.25, 0.3) is 0 Å². The summed E-state index contributed by atoms with van der Waals surface area (Å²) in [7, 11) is 0. The van der Waals surface area contributed by atoms with Gasteiger partial charge in [0.05, 0.1) is 38.3 Å². The molecule has 0 atom stereocenters. The number of benzene rings is 1. The van der Waals surface area contributed by atoms with Crippen LogP contribution >= 0.6 is 23.2 Å². The van der Waals surface area contributed by atoms with Crippen molar-refractivity contribution in [2.45, 2.75) is 20.1 Å². The number of carbonyl (C=O) groups excluding carboxylic acids is 1. The number of ether oxygens (including phenoxy) is 2. The molecule has 1 aliphatic rings. The molecule has 0 saturated carbocycles. The molecule has 0 N–H and O–H groups in total. The predicted molar refractivity (Wildman–Crippen MR) is 92.1 cm³/mol. The second-order valence-electron chi connectivity index (χ2n) is 5.42. The monoisotopic (exact) mass is 384 g/mol. The summed E-state index contributed by atoms with van der Waals surface area (Å²) < 4.78 is 26.2. The van der Waals surface area contributed by atoms with E-state index in [0.717, 1.165) is 5.56 Å². The molecule has 1 aliphatic heterocycles. The lowest BCUT2D eigenvalue weighted by molar-refractivity contribution is -0.140. The number of carbonyl (C=O) groups is 1. The van der Waals surface area contributed by atoms with Crippen molar-refractivity contribution >= 4 is 34.7 Å². The van der Waals surface area contributed by atoms with Gasteiger partial charge in [-0.05, 0) is 24.6 Å². The lowest BCUT2D eigenvalue weighted by atomic mass is 10.1. The van der Waals surface area contributed by atoms with Gasteiger partial charge in [-0.25, -0.2) is 4.79 Å². The van der Waals surface area contributed by atoms with Crippen LogP contribution in [0.3, 0.4) is 0 Å². The summed E-state index contributed by atoms with van der Waals surface area (Å²) in [5.74, 6) is -1.97. The van der Waals surface area contributed by atoms with Crippen LogP contribution in [0.4, 0.5) is 4.39 Å². The first kappa shape index (κ1) is 17.9. The Labute approximate surface area is 153 Å². The van der Waals surface area contributed by atoms with Crippen molar-refractivity contribution in [3.05, 3.63) is 57.1 Å². The summed E-state index contributed by atoms with van der Waals surface area (Å²) in [6.45, 7) is 2.28. The summed E-state index contributed by atoms with van der Waals surface area (Å²) >= 11 is 12.1. The summed E-state index contributed by atoms with van der Waals surface area (Å²) in [5, 5.41) is 5.30. The fourth-order valence-electron chi connectivity index (χ4n) is 2.63. The zero-order chi connectivity index (χ0) is 18.0. The molecule has 1 aromatic heterocycles. The van der Waals surface area contributed by atoms with Crippen LogP contribution in [0, 0.1) is 0 Å². The maximum atomic E-state index is 14.5. The average molecular weight is 385 g/mol. The van der Waals surface area contributed by atoms with Crippen LogP contribution in [-0.2, 0) is 27.4 Å². The van der Waals surface area contributed by atoms with Gasteiger partial charge in [0.15, 0.2) is 0 Å². The van der Waals surface area contributed by atoms with E-state index >= 15 is 0 Å². The summed E-state index contributed by atoms with van der Waals surface area (Å²) in [4.78, 5) is 11.8. The molecule has 5 nitrogen and oxygen atoms in total. The van der Waals surface area contributed by atoms with Crippen molar-refractivity contribution in [2.24, 2.45) is 0 Å². The van der Waals surface area contributed by atoms with E-state index in [1.807, 2.05) is 0 Å². The first-order chi connectivity index (χ1) is 12.0. The van der Waals surface area contributed by atoms with Gasteiger partial charge in [0, 0.05) is 21.2 Å². The van der Waals surface area contributed by atoms with Crippen molar-refractivity contribution in [2.75, 3.05) is 13.2 Å². The molecule has 132 valence electrons. The van der Waals surface area contributed by atoms with E-state index in [1.165, 1.54) is 0 Å². The first-order valence-electron chi connectivity index (χ1n) is 7.63. The lowest BCUT2D eigenvalue weighted by Crippen LogP contribution is -2.18. The molecule has 1 aromatic carbocycles. The zero-order valence-electron chi connectivity index (χ0n) is 13.4. The molecule has 0 amide bonds. The SMILES string of the molecule is CCOC(=O)C(F)=C1COCc2cnn(Cc3ccc(Cl)cc3Cl)c21. The minimum Gasteiger partial charge on any atom is -0.461 e. The topological polar surface area (TPSA) is 53.4 Å². The highest BCUT2D eigenvalue weighted by molar-refractivity contribution is 6.35. The fourth-order valence-corrected chi connectivity index (χ4v) is 3.10. The smallest absolute Gasteiger partial charge is 0.367 e. The van der Waals surface area contributed by atoms with Crippen molar-refractivity contribution in [1.82, 2.24) is 9.78 Å². The molecule has 2 heterocycles. The van der Waals surface area contributed by atoms with E-state index in [9.17, 15) is 9.18 Å². The number of aromatic nitrogens is 2. The van der Waals surface area contributed by atoms with Gasteiger partial charge < -0.3 is 9.47 Å². The minimum absolute atomic E-state index is 0.0301. The van der Waals surface area contributed by atoms with E-state index in [0.29, 0.717) is 34.5 Å². The number of nitrogens with zero attached hydrogens (tertiary/aromatic N) is 2. The van der Waals surface area contributed by atoms with Crippen LogP contribution < -0.4 is 0 Å². The predicted octanol–water partition coefficient (Wildman–Crippen LogP) is 4.01. The Morgan fingerprint density at radius 2 is 2.20 bits per heavy atom. The van der Waals surface area contributed by atoms with Gasteiger partial charge in [-0.1, -0.05) is 29.3 Å². The molecule has 0 saturated heterocycles.